The van der Waals surface area contributed by atoms with E-state index in [9.17, 15) is 4.79 Å². The molecule has 11 heavy (non-hydrogen) atoms. The molecule has 0 saturated heterocycles. The maximum atomic E-state index is 11.1. The zero-order valence-electron chi connectivity index (χ0n) is 6.82. The summed E-state index contributed by atoms with van der Waals surface area (Å²) >= 11 is 0. The minimum absolute atomic E-state index is 0.0267. The zero-order chi connectivity index (χ0) is 8.27. The van der Waals surface area contributed by atoms with Crippen LogP contribution in [-0.2, 0) is 6.54 Å². The van der Waals surface area contributed by atoms with Gasteiger partial charge in [-0.05, 0) is 12.0 Å². The van der Waals surface area contributed by atoms with Crippen LogP contribution >= 0.6 is 0 Å². The Morgan fingerprint density at radius 2 is 2.36 bits per heavy atom. The Balaban J connectivity index is 2.87. The van der Waals surface area contributed by atoms with Gasteiger partial charge in [0.2, 0.25) is 0 Å². The summed E-state index contributed by atoms with van der Waals surface area (Å²) in [4.78, 5) is 11.1. The standard InChI is InChI=1S/C8H12N2O/c1-7(2)6-10-8(11)4-3-5-9-10/h3-5,7H,6H2,1-2H3. The van der Waals surface area contributed by atoms with Gasteiger partial charge in [0.15, 0.2) is 0 Å². The molecule has 60 valence electrons. The highest BCUT2D eigenvalue weighted by molar-refractivity contribution is 4.84. The summed E-state index contributed by atoms with van der Waals surface area (Å²) in [5.74, 6) is 0.461. The van der Waals surface area contributed by atoms with Crippen molar-refractivity contribution in [1.29, 1.82) is 0 Å². The molecule has 0 spiro atoms. The van der Waals surface area contributed by atoms with E-state index in [4.69, 9.17) is 0 Å². The van der Waals surface area contributed by atoms with Crippen molar-refractivity contribution in [1.82, 2.24) is 9.78 Å². The first-order valence-corrected chi connectivity index (χ1v) is 3.72. The highest BCUT2D eigenvalue weighted by atomic mass is 16.1. The van der Waals surface area contributed by atoms with Gasteiger partial charge in [-0.25, -0.2) is 4.68 Å². The number of hydrogen-bond donors (Lipinski definition) is 0. The summed E-state index contributed by atoms with van der Waals surface area (Å²) in [7, 11) is 0. The molecule has 1 heterocycles. The van der Waals surface area contributed by atoms with E-state index in [1.807, 2.05) is 0 Å². The second kappa shape index (κ2) is 3.32. The fourth-order valence-corrected chi connectivity index (χ4v) is 0.870. The average molecular weight is 152 g/mol. The number of rotatable bonds is 2. The van der Waals surface area contributed by atoms with Crippen LogP contribution in [0.1, 0.15) is 13.8 Å². The van der Waals surface area contributed by atoms with Crippen LogP contribution in [0, 0.1) is 5.92 Å². The predicted octanol–water partition coefficient (Wildman–Crippen LogP) is 0.899. The minimum Gasteiger partial charge on any atom is -0.268 e. The van der Waals surface area contributed by atoms with Crippen LogP contribution in [0.2, 0.25) is 0 Å². The number of hydrogen-bond acceptors (Lipinski definition) is 2. The Bertz CT molecular complexity index is 277. The van der Waals surface area contributed by atoms with Crippen molar-refractivity contribution < 1.29 is 0 Å². The SMILES string of the molecule is CC(C)Cn1ncccc1=O. The first kappa shape index (κ1) is 7.98. The van der Waals surface area contributed by atoms with Crippen molar-refractivity contribution in [2.45, 2.75) is 20.4 Å². The van der Waals surface area contributed by atoms with Gasteiger partial charge in [0.05, 0.1) is 0 Å². The fraction of sp³-hybridized carbons (Fsp3) is 0.500. The first-order valence-electron chi connectivity index (χ1n) is 3.72. The highest BCUT2D eigenvalue weighted by Gasteiger charge is 1.97. The lowest BCUT2D eigenvalue weighted by Gasteiger charge is -2.04. The normalized spacial score (nSPS) is 10.5. The quantitative estimate of drug-likeness (QED) is 0.631. The van der Waals surface area contributed by atoms with E-state index in [0.29, 0.717) is 12.5 Å². The van der Waals surface area contributed by atoms with Crippen LogP contribution in [0.3, 0.4) is 0 Å². The molecule has 0 aliphatic heterocycles. The maximum Gasteiger partial charge on any atom is 0.266 e. The van der Waals surface area contributed by atoms with Gasteiger partial charge >= 0.3 is 0 Å². The van der Waals surface area contributed by atoms with Gasteiger partial charge in [0.1, 0.15) is 0 Å². The lowest BCUT2D eigenvalue weighted by atomic mass is 10.2. The van der Waals surface area contributed by atoms with Crippen molar-refractivity contribution in [3.8, 4) is 0 Å². The van der Waals surface area contributed by atoms with Crippen LogP contribution in [0.5, 0.6) is 0 Å². The van der Waals surface area contributed by atoms with Crippen molar-refractivity contribution >= 4 is 0 Å². The summed E-state index contributed by atoms with van der Waals surface area (Å²) in [5.41, 5.74) is -0.0267. The number of nitrogens with zero attached hydrogens (tertiary/aromatic N) is 2. The molecule has 0 aliphatic rings. The molecule has 0 fully saturated rings. The maximum absolute atomic E-state index is 11.1. The molecule has 0 saturated carbocycles. The van der Waals surface area contributed by atoms with Gasteiger partial charge in [-0.15, -0.1) is 0 Å². The molecule has 0 aromatic carbocycles. The van der Waals surface area contributed by atoms with Crippen molar-refractivity contribution in [2.75, 3.05) is 0 Å². The summed E-state index contributed by atoms with van der Waals surface area (Å²) in [6.45, 7) is 4.81. The Morgan fingerprint density at radius 3 is 2.91 bits per heavy atom. The molecular formula is C8H12N2O. The van der Waals surface area contributed by atoms with Crippen LogP contribution in [0.25, 0.3) is 0 Å². The molecule has 3 nitrogen and oxygen atoms in total. The van der Waals surface area contributed by atoms with Gasteiger partial charge in [-0.3, -0.25) is 4.79 Å². The second-order valence-corrected chi connectivity index (χ2v) is 2.94. The summed E-state index contributed by atoms with van der Waals surface area (Å²) in [6.07, 6.45) is 1.63. The fourth-order valence-electron chi connectivity index (χ4n) is 0.870. The Hall–Kier alpha value is -1.12. The molecule has 3 heteroatoms. The third-order valence-electron chi connectivity index (χ3n) is 1.32. The monoisotopic (exact) mass is 152 g/mol. The molecule has 0 amide bonds. The van der Waals surface area contributed by atoms with E-state index in [0.717, 1.165) is 0 Å². The molecule has 0 unspecified atom stereocenters. The first-order chi connectivity index (χ1) is 5.20. The molecule has 1 rings (SSSR count). The largest absolute Gasteiger partial charge is 0.268 e. The van der Waals surface area contributed by atoms with E-state index >= 15 is 0 Å². The molecule has 1 aromatic rings. The van der Waals surface area contributed by atoms with E-state index < -0.39 is 0 Å². The molecule has 0 atom stereocenters. The molecule has 0 radical (unpaired) electrons. The lowest BCUT2D eigenvalue weighted by Crippen LogP contribution is -2.23. The van der Waals surface area contributed by atoms with Gasteiger partial charge < -0.3 is 0 Å². The second-order valence-electron chi connectivity index (χ2n) is 2.94. The Labute approximate surface area is 65.7 Å². The average Bonchev–Trinajstić information content (AvgIpc) is 1.93. The summed E-state index contributed by atoms with van der Waals surface area (Å²) in [5, 5.41) is 3.92. The van der Waals surface area contributed by atoms with Crippen molar-refractivity contribution in [2.24, 2.45) is 5.92 Å². The molecule has 0 N–H and O–H groups in total. The molecular weight excluding hydrogens is 140 g/mol. The van der Waals surface area contributed by atoms with Crippen LogP contribution < -0.4 is 5.56 Å². The summed E-state index contributed by atoms with van der Waals surface area (Å²) < 4.78 is 1.48. The van der Waals surface area contributed by atoms with Gasteiger partial charge in [0, 0.05) is 18.8 Å². The number of aromatic nitrogens is 2. The highest BCUT2D eigenvalue weighted by Crippen LogP contribution is 1.92. The van der Waals surface area contributed by atoms with Gasteiger partial charge in [0.25, 0.3) is 5.56 Å². The summed E-state index contributed by atoms with van der Waals surface area (Å²) in [6, 6.07) is 3.18. The van der Waals surface area contributed by atoms with E-state index in [2.05, 4.69) is 18.9 Å². The molecule has 0 aliphatic carbocycles. The van der Waals surface area contributed by atoms with Crippen LogP contribution in [-0.4, -0.2) is 9.78 Å². The minimum atomic E-state index is -0.0267. The third-order valence-corrected chi connectivity index (χ3v) is 1.32. The van der Waals surface area contributed by atoms with Gasteiger partial charge in [-0.1, -0.05) is 13.8 Å². The van der Waals surface area contributed by atoms with Crippen molar-refractivity contribution in [3.63, 3.8) is 0 Å². The Kier molecular flexibility index (Phi) is 2.41. The van der Waals surface area contributed by atoms with E-state index in [1.165, 1.54) is 10.7 Å². The van der Waals surface area contributed by atoms with E-state index in [1.54, 1.807) is 12.3 Å². The third kappa shape index (κ3) is 2.18. The van der Waals surface area contributed by atoms with Crippen LogP contribution in [0.15, 0.2) is 23.1 Å². The smallest absolute Gasteiger partial charge is 0.266 e. The van der Waals surface area contributed by atoms with Gasteiger partial charge in [-0.2, -0.15) is 5.10 Å². The zero-order valence-corrected chi connectivity index (χ0v) is 6.82. The predicted molar refractivity (Wildman–Crippen MR) is 43.3 cm³/mol. The lowest BCUT2D eigenvalue weighted by molar-refractivity contribution is 0.463. The molecule has 1 aromatic heterocycles. The molecule has 0 bridgehead atoms. The topological polar surface area (TPSA) is 34.9 Å². The van der Waals surface area contributed by atoms with E-state index in [-0.39, 0.29) is 5.56 Å². The Morgan fingerprint density at radius 1 is 1.64 bits per heavy atom. The van der Waals surface area contributed by atoms with Crippen LogP contribution in [0.4, 0.5) is 0 Å². The van der Waals surface area contributed by atoms with Crippen molar-refractivity contribution in [3.05, 3.63) is 28.7 Å².